The third kappa shape index (κ3) is 3.76. The summed E-state index contributed by atoms with van der Waals surface area (Å²) in [6.07, 6.45) is -4.73. The Kier molecular flexibility index (Phi) is 4.39. The van der Waals surface area contributed by atoms with Gasteiger partial charge in [-0.3, -0.25) is 0 Å². The lowest BCUT2D eigenvalue weighted by atomic mass is 10.0. The van der Waals surface area contributed by atoms with E-state index in [2.05, 4.69) is 9.72 Å². The number of H-pyrrole nitrogens is 1. The van der Waals surface area contributed by atoms with E-state index in [1.807, 2.05) is 12.1 Å². The summed E-state index contributed by atoms with van der Waals surface area (Å²) in [6, 6.07) is 12.7. The molecule has 0 aliphatic carbocycles. The largest absolute Gasteiger partial charge is 0.573 e. The second kappa shape index (κ2) is 6.51. The Morgan fingerprint density at radius 3 is 2.48 bits per heavy atom. The minimum Gasteiger partial charge on any atom is -0.461 e. The molecule has 25 heavy (non-hydrogen) atoms. The number of carbonyl (C=O) groups excluding carboxylic acids is 1. The van der Waals surface area contributed by atoms with Crippen molar-refractivity contribution in [3.05, 3.63) is 54.2 Å². The van der Waals surface area contributed by atoms with Crippen LogP contribution in [0.5, 0.6) is 5.75 Å². The van der Waals surface area contributed by atoms with Crippen LogP contribution in [0.2, 0.25) is 0 Å². The Hall–Kier alpha value is -2.96. The van der Waals surface area contributed by atoms with E-state index in [-0.39, 0.29) is 12.4 Å². The summed E-state index contributed by atoms with van der Waals surface area (Å²) in [5.74, 6) is -0.749. The van der Waals surface area contributed by atoms with E-state index in [0.29, 0.717) is 16.8 Å². The summed E-state index contributed by atoms with van der Waals surface area (Å²) in [5.41, 5.74) is 2.47. The normalized spacial score (nSPS) is 11.5. The van der Waals surface area contributed by atoms with E-state index in [4.69, 9.17) is 4.74 Å². The molecule has 7 heteroatoms. The van der Waals surface area contributed by atoms with Gasteiger partial charge in [-0.2, -0.15) is 0 Å². The molecule has 0 saturated carbocycles. The summed E-state index contributed by atoms with van der Waals surface area (Å²) in [6.45, 7) is 1.98. The number of nitrogens with one attached hydrogen (secondary N) is 1. The van der Waals surface area contributed by atoms with E-state index >= 15 is 0 Å². The number of benzene rings is 2. The van der Waals surface area contributed by atoms with Crippen molar-refractivity contribution in [2.45, 2.75) is 13.3 Å². The summed E-state index contributed by atoms with van der Waals surface area (Å²) >= 11 is 0. The van der Waals surface area contributed by atoms with E-state index < -0.39 is 12.3 Å². The number of esters is 1. The van der Waals surface area contributed by atoms with Crippen LogP contribution in [-0.4, -0.2) is 23.9 Å². The molecule has 0 bridgehead atoms. The number of aromatic amines is 1. The lowest BCUT2D eigenvalue weighted by Crippen LogP contribution is -2.16. The summed E-state index contributed by atoms with van der Waals surface area (Å²) in [5, 5.41) is 0.802. The smallest absolute Gasteiger partial charge is 0.461 e. The second-order valence-corrected chi connectivity index (χ2v) is 5.25. The van der Waals surface area contributed by atoms with Gasteiger partial charge in [0.25, 0.3) is 0 Å². The highest BCUT2D eigenvalue weighted by Crippen LogP contribution is 2.31. The maximum atomic E-state index is 12.2. The van der Waals surface area contributed by atoms with Crippen LogP contribution >= 0.6 is 0 Å². The zero-order chi connectivity index (χ0) is 18.0. The minimum absolute atomic E-state index is 0.266. The Balaban J connectivity index is 1.97. The average molecular weight is 349 g/mol. The third-order valence-corrected chi connectivity index (χ3v) is 3.55. The fraction of sp³-hybridized carbons (Fsp3) is 0.167. The highest BCUT2D eigenvalue weighted by atomic mass is 19.4. The molecule has 2 aromatic carbocycles. The number of alkyl halides is 3. The van der Waals surface area contributed by atoms with Crippen LogP contribution in [0, 0.1) is 0 Å². The third-order valence-electron chi connectivity index (χ3n) is 3.55. The molecule has 0 unspecified atom stereocenters. The Bertz CT molecular complexity index is 898. The molecular weight excluding hydrogens is 335 g/mol. The quantitative estimate of drug-likeness (QED) is 0.681. The Morgan fingerprint density at radius 1 is 1.12 bits per heavy atom. The van der Waals surface area contributed by atoms with Gasteiger partial charge in [0.2, 0.25) is 0 Å². The van der Waals surface area contributed by atoms with Crippen molar-refractivity contribution >= 4 is 16.9 Å². The Labute approximate surface area is 141 Å². The average Bonchev–Trinajstić information content (AvgIpc) is 2.98. The summed E-state index contributed by atoms with van der Waals surface area (Å²) in [4.78, 5) is 14.9. The van der Waals surface area contributed by atoms with Crippen molar-refractivity contribution in [2.75, 3.05) is 6.61 Å². The van der Waals surface area contributed by atoms with Gasteiger partial charge in [0.05, 0.1) is 12.1 Å². The number of carbonyl (C=O) groups is 1. The van der Waals surface area contributed by atoms with Gasteiger partial charge >= 0.3 is 12.3 Å². The lowest BCUT2D eigenvalue weighted by Gasteiger charge is -2.09. The van der Waals surface area contributed by atoms with Gasteiger partial charge in [0.15, 0.2) is 0 Å². The van der Waals surface area contributed by atoms with Crippen molar-refractivity contribution in [3.8, 4) is 16.9 Å². The van der Waals surface area contributed by atoms with Crippen molar-refractivity contribution in [1.29, 1.82) is 0 Å². The van der Waals surface area contributed by atoms with Gasteiger partial charge in [0.1, 0.15) is 11.4 Å². The van der Waals surface area contributed by atoms with Crippen LogP contribution in [0.15, 0.2) is 48.5 Å². The molecule has 0 radical (unpaired) electrons. The zero-order valence-electron chi connectivity index (χ0n) is 13.2. The maximum Gasteiger partial charge on any atom is 0.573 e. The van der Waals surface area contributed by atoms with Gasteiger partial charge in [0, 0.05) is 10.9 Å². The first-order chi connectivity index (χ1) is 11.9. The highest BCUT2D eigenvalue weighted by molar-refractivity contribution is 6.00. The SMILES string of the molecule is CCOC(=O)c1cc2cccc(-c3ccc(OC(F)(F)F)cc3)c2[nH]1. The van der Waals surface area contributed by atoms with Crippen LogP contribution in [0.3, 0.4) is 0 Å². The van der Waals surface area contributed by atoms with Crippen LogP contribution in [-0.2, 0) is 4.74 Å². The van der Waals surface area contributed by atoms with Crippen LogP contribution in [0.25, 0.3) is 22.0 Å². The molecular formula is C18H14F3NO3. The molecule has 0 amide bonds. The summed E-state index contributed by atoms with van der Waals surface area (Å²) in [7, 11) is 0. The maximum absolute atomic E-state index is 12.2. The van der Waals surface area contributed by atoms with Gasteiger partial charge in [-0.25, -0.2) is 4.79 Å². The number of para-hydroxylation sites is 1. The fourth-order valence-corrected chi connectivity index (χ4v) is 2.55. The molecule has 1 aromatic heterocycles. The number of halogens is 3. The lowest BCUT2D eigenvalue weighted by molar-refractivity contribution is -0.274. The Morgan fingerprint density at radius 2 is 1.84 bits per heavy atom. The van der Waals surface area contributed by atoms with E-state index in [1.54, 1.807) is 19.1 Å². The van der Waals surface area contributed by atoms with Crippen molar-refractivity contribution < 1.29 is 27.4 Å². The highest BCUT2D eigenvalue weighted by Gasteiger charge is 2.31. The van der Waals surface area contributed by atoms with E-state index in [9.17, 15) is 18.0 Å². The molecule has 4 nitrogen and oxygen atoms in total. The van der Waals surface area contributed by atoms with Gasteiger partial charge in [-0.15, -0.1) is 13.2 Å². The molecule has 1 N–H and O–H groups in total. The van der Waals surface area contributed by atoms with Gasteiger partial charge < -0.3 is 14.5 Å². The number of rotatable bonds is 4. The van der Waals surface area contributed by atoms with Crippen molar-refractivity contribution in [2.24, 2.45) is 0 Å². The molecule has 1 heterocycles. The standard InChI is InChI=1S/C18H14F3NO3/c1-2-24-17(23)15-10-12-4-3-5-14(16(12)22-15)11-6-8-13(9-7-11)25-18(19,20)21/h3-10,22H,2H2,1H3. The molecule has 3 rings (SSSR count). The van der Waals surface area contributed by atoms with Crippen LogP contribution in [0.1, 0.15) is 17.4 Å². The van der Waals surface area contributed by atoms with Gasteiger partial charge in [-0.1, -0.05) is 30.3 Å². The number of hydrogen-bond donors (Lipinski definition) is 1. The zero-order valence-corrected chi connectivity index (χ0v) is 13.2. The molecule has 0 spiro atoms. The van der Waals surface area contributed by atoms with Crippen LogP contribution < -0.4 is 4.74 Å². The molecule has 0 aliphatic heterocycles. The number of hydrogen-bond acceptors (Lipinski definition) is 3. The minimum atomic E-state index is -4.73. The topological polar surface area (TPSA) is 51.3 Å². The second-order valence-electron chi connectivity index (χ2n) is 5.25. The van der Waals surface area contributed by atoms with Crippen molar-refractivity contribution in [3.63, 3.8) is 0 Å². The first kappa shape index (κ1) is 16.9. The van der Waals surface area contributed by atoms with Crippen molar-refractivity contribution in [1.82, 2.24) is 4.98 Å². The predicted octanol–water partition coefficient (Wildman–Crippen LogP) is 4.91. The van der Waals surface area contributed by atoms with E-state index in [1.165, 1.54) is 24.3 Å². The first-order valence-corrected chi connectivity index (χ1v) is 7.52. The fourth-order valence-electron chi connectivity index (χ4n) is 2.55. The molecule has 0 fully saturated rings. The summed E-state index contributed by atoms with van der Waals surface area (Å²) < 4.78 is 45.6. The first-order valence-electron chi connectivity index (χ1n) is 7.52. The molecule has 130 valence electrons. The van der Waals surface area contributed by atoms with Gasteiger partial charge in [-0.05, 0) is 30.7 Å². The molecule has 0 atom stereocenters. The number of aromatic nitrogens is 1. The number of ether oxygens (including phenoxy) is 2. The number of fused-ring (bicyclic) bond motifs is 1. The molecule has 0 saturated heterocycles. The van der Waals surface area contributed by atoms with Crippen LogP contribution in [0.4, 0.5) is 13.2 Å². The monoisotopic (exact) mass is 349 g/mol. The predicted molar refractivity (Wildman–Crippen MR) is 86.4 cm³/mol. The molecule has 3 aromatic rings. The van der Waals surface area contributed by atoms with E-state index in [0.717, 1.165) is 10.9 Å². The molecule has 0 aliphatic rings.